The molecule has 4 fully saturated rings. The highest BCUT2D eigenvalue weighted by Gasteiger charge is 2.40. The second kappa shape index (κ2) is 18.6. The number of hydrogen-bond acceptors (Lipinski definition) is 10. The van der Waals surface area contributed by atoms with Crippen molar-refractivity contribution in [2.45, 2.75) is 75.7 Å². The Morgan fingerprint density at radius 3 is 2.00 bits per heavy atom. The normalized spacial score (nSPS) is 20.7. The van der Waals surface area contributed by atoms with E-state index in [2.05, 4.69) is 74.4 Å². The first kappa shape index (κ1) is 42.1. The summed E-state index contributed by atoms with van der Waals surface area (Å²) >= 11 is 0. The van der Waals surface area contributed by atoms with Crippen molar-refractivity contribution in [3.8, 4) is 22.4 Å². The van der Waals surface area contributed by atoms with Gasteiger partial charge >= 0.3 is 18.2 Å². The molecule has 6 heterocycles. The molecule has 63 heavy (non-hydrogen) atoms. The number of carbonyl (C=O) groups excluding carboxylic acids is 4. The van der Waals surface area contributed by atoms with E-state index < -0.39 is 24.4 Å². The van der Waals surface area contributed by atoms with Crippen molar-refractivity contribution in [3.05, 3.63) is 72.4 Å². The van der Waals surface area contributed by atoms with Gasteiger partial charge in [0, 0.05) is 51.0 Å². The van der Waals surface area contributed by atoms with Gasteiger partial charge in [0.25, 0.3) is 0 Å². The van der Waals surface area contributed by atoms with E-state index in [1.165, 1.54) is 14.2 Å². The number of imidazole rings is 2. The van der Waals surface area contributed by atoms with E-state index in [1.807, 2.05) is 17.2 Å². The highest BCUT2D eigenvalue weighted by atomic mass is 16.5. The molecular formula is C46H55N9O8. The van der Waals surface area contributed by atoms with Crippen LogP contribution in [0.5, 0.6) is 0 Å². The zero-order valence-electron chi connectivity index (χ0n) is 35.7. The molecular weight excluding hydrogens is 807 g/mol. The minimum Gasteiger partial charge on any atom is -0.453 e. The van der Waals surface area contributed by atoms with Crippen molar-refractivity contribution in [3.63, 3.8) is 0 Å². The van der Waals surface area contributed by atoms with Gasteiger partial charge in [-0.1, -0.05) is 30.3 Å². The molecule has 4 atom stereocenters. The number of alkyl carbamates (subject to hydrolysis) is 2. The predicted molar refractivity (Wildman–Crippen MR) is 233 cm³/mol. The van der Waals surface area contributed by atoms with Gasteiger partial charge in [0.05, 0.1) is 49.2 Å². The molecule has 0 saturated carbocycles. The van der Waals surface area contributed by atoms with Crippen molar-refractivity contribution in [1.29, 1.82) is 0 Å². The number of aromatic nitrogens is 4. The van der Waals surface area contributed by atoms with Crippen LogP contribution in [0.15, 0.2) is 60.8 Å². The number of ether oxygens (including phenoxy) is 4. The van der Waals surface area contributed by atoms with Gasteiger partial charge in [0.15, 0.2) is 0 Å². The molecule has 0 unspecified atom stereocenters. The molecule has 332 valence electrons. The summed E-state index contributed by atoms with van der Waals surface area (Å²) in [5.74, 6) is 1.34. The molecule has 2 aromatic heterocycles. The van der Waals surface area contributed by atoms with Gasteiger partial charge in [-0.25, -0.2) is 24.4 Å². The van der Waals surface area contributed by atoms with Gasteiger partial charge in [-0.2, -0.15) is 0 Å². The Kier molecular flexibility index (Phi) is 12.5. The van der Waals surface area contributed by atoms with Crippen LogP contribution in [-0.2, 0) is 23.7 Å². The lowest BCUT2D eigenvalue weighted by atomic mass is 9.90. The quantitative estimate of drug-likeness (QED) is 0.0959. The maximum absolute atomic E-state index is 14.0. The van der Waals surface area contributed by atoms with Gasteiger partial charge in [0.2, 0.25) is 5.91 Å². The molecule has 4 aliphatic rings. The lowest BCUT2D eigenvalue weighted by molar-refractivity contribution is -0.136. The maximum Gasteiger partial charge on any atom is 0.408 e. The molecule has 3 aromatic carbocycles. The lowest BCUT2D eigenvalue weighted by Gasteiger charge is -2.34. The summed E-state index contributed by atoms with van der Waals surface area (Å²) in [7, 11) is 2.62. The van der Waals surface area contributed by atoms with E-state index >= 15 is 0 Å². The van der Waals surface area contributed by atoms with Crippen LogP contribution in [0.1, 0.15) is 75.1 Å². The third-order valence-corrected chi connectivity index (χ3v) is 13.2. The van der Waals surface area contributed by atoms with Crippen molar-refractivity contribution in [2.24, 2.45) is 11.8 Å². The SMILES string of the molecule is COC(=O)N[C@H](NC(=O)N1CCC[C@H]1c1nc2ccc(-c3ccc4cc(-c5cnc([C@@H]6CCCN6C(=O)[C@@H](NC(=O)OC)C6CCOCC6)[nH]5)ccc4c3)cc2[nH]1)C1CCOCC1. The summed E-state index contributed by atoms with van der Waals surface area (Å²) in [4.78, 5) is 72.6. The molecule has 17 heteroatoms. The molecule has 9 rings (SSSR count). The standard InChI is InChI=1S/C46H55N9O8/c1-60-45(58)51-39(27-13-19-62-20-14-27)43(56)54-17-3-5-37(54)41-47-26-36(50-41)33-10-9-29-23-30(7-8-31(29)24-33)32-11-12-34-35(25-32)49-42(48-34)38-6-4-18-55(38)44(57)52-40(53-46(59)61-2)28-15-21-63-22-16-28/h7-12,23-28,37-40H,3-6,13-22H2,1-2H3,(H,47,50)(H,48,49)(H,51,58)(H,52,57)(H,53,59)/t37-,38-,39-,40-/m0/s1. The van der Waals surface area contributed by atoms with Crippen molar-refractivity contribution in [2.75, 3.05) is 53.7 Å². The monoisotopic (exact) mass is 861 g/mol. The molecule has 0 radical (unpaired) electrons. The molecule has 17 nitrogen and oxygen atoms in total. The van der Waals surface area contributed by atoms with Gasteiger partial charge in [0.1, 0.15) is 23.9 Å². The molecule has 0 aliphatic carbocycles. The predicted octanol–water partition coefficient (Wildman–Crippen LogP) is 6.54. The minimum atomic E-state index is -0.690. The highest BCUT2D eigenvalue weighted by molar-refractivity contribution is 5.92. The van der Waals surface area contributed by atoms with Crippen LogP contribution < -0.4 is 16.0 Å². The van der Waals surface area contributed by atoms with Crippen LogP contribution in [0, 0.1) is 11.8 Å². The number of urea groups is 1. The number of amides is 5. The highest BCUT2D eigenvalue weighted by Crippen LogP contribution is 2.36. The van der Waals surface area contributed by atoms with Gasteiger partial charge < -0.3 is 54.7 Å². The van der Waals surface area contributed by atoms with Crippen molar-refractivity contribution < 1.29 is 38.1 Å². The zero-order valence-corrected chi connectivity index (χ0v) is 35.7. The Morgan fingerprint density at radius 2 is 1.29 bits per heavy atom. The molecule has 5 amide bonds. The molecule has 5 aromatic rings. The summed E-state index contributed by atoms with van der Waals surface area (Å²) in [5, 5.41) is 10.9. The van der Waals surface area contributed by atoms with Crippen LogP contribution in [0.25, 0.3) is 44.2 Å². The summed E-state index contributed by atoms with van der Waals surface area (Å²) < 4.78 is 20.8. The summed E-state index contributed by atoms with van der Waals surface area (Å²) in [6.45, 7) is 3.43. The van der Waals surface area contributed by atoms with E-state index in [4.69, 9.17) is 28.9 Å². The first-order valence-electron chi connectivity index (χ1n) is 22.1. The first-order valence-corrected chi connectivity index (χ1v) is 22.1. The number of likely N-dealkylation sites (tertiary alicyclic amines) is 2. The third-order valence-electron chi connectivity index (χ3n) is 13.2. The Morgan fingerprint density at radius 1 is 0.683 bits per heavy atom. The van der Waals surface area contributed by atoms with Crippen LogP contribution >= 0.6 is 0 Å². The Labute approximate surface area is 365 Å². The smallest absolute Gasteiger partial charge is 0.408 e. The summed E-state index contributed by atoms with van der Waals surface area (Å²) in [6.07, 6.45) is 6.09. The fourth-order valence-corrected chi connectivity index (χ4v) is 9.74. The summed E-state index contributed by atoms with van der Waals surface area (Å²) in [5.41, 5.74) is 5.64. The lowest BCUT2D eigenvalue weighted by Crippen LogP contribution is -2.56. The minimum absolute atomic E-state index is 0.0314. The van der Waals surface area contributed by atoms with Gasteiger partial charge in [-0.15, -0.1) is 0 Å². The van der Waals surface area contributed by atoms with Crippen LogP contribution in [0.4, 0.5) is 14.4 Å². The molecule has 0 spiro atoms. The maximum atomic E-state index is 14.0. The van der Waals surface area contributed by atoms with E-state index in [0.717, 1.165) is 94.4 Å². The molecule has 0 bridgehead atoms. The first-order chi connectivity index (χ1) is 30.8. The van der Waals surface area contributed by atoms with Gasteiger partial charge in [-0.3, -0.25) is 4.79 Å². The van der Waals surface area contributed by atoms with E-state index in [-0.39, 0.29) is 35.9 Å². The topological polar surface area (TPSA) is 205 Å². The fourth-order valence-electron chi connectivity index (χ4n) is 9.74. The Bertz CT molecular complexity index is 2460. The number of hydrogen-bond donors (Lipinski definition) is 5. The van der Waals surface area contributed by atoms with Crippen LogP contribution in [0.2, 0.25) is 0 Å². The Hall–Kier alpha value is -6.20. The molecule has 4 saturated heterocycles. The number of nitrogens with one attached hydrogen (secondary N) is 5. The van der Waals surface area contributed by atoms with Crippen molar-refractivity contribution >= 4 is 45.9 Å². The zero-order chi connectivity index (χ0) is 43.5. The van der Waals surface area contributed by atoms with Gasteiger partial charge in [-0.05, 0) is 103 Å². The van der Waals surface area contributed by atoms with E-state index in [0.29, 0.717) is 52.4 Å². The molecule has 4 aliphatic heterocycles. The number of H-pyrrole nitrogens is 2. The number of rotatable bonds is 10. The van der Waals surface area contributed by atoms with E-state index in [1.54, 1.807) is 4.90 Å². The number of aromatic amines is 2. The number of methoxy groups -OCH3 is 2. The average Bonchev–Trinajstić information content (AvgIpc) is 4.17. The number of benzene rings is 3. The molecule has 5 N–H and O–H groups in total. The fraction of sp³-hybridized carbons (Fsp3) is 0.478. The second-order valence-corrected chi connectivity index (χ2v) is 16.9. The Balaban J connectivity index is 0.883. The average molecular weight is 862 g/mol. The van der Waals surface area contributed by atoms with Crippen LogP contribution in [0.3, 0.4) is 0 Å². The third kappa shape index (κ3) is 9.02. The number of nitrogens with zero attached hydrogens (tertiary/aromatic N) is 4. The largest absolute Gasteiger partial charge is 0.453 e. The number of carbonyl (C=O) groups is 4. The summed E-state index contributed by atoms with van der Waals surface area (Å²) in [6, 6.07) is 17.5. The van der Waals surface area contributed by atoms with Crippen molar-refractivity contribution in [1.82, 2.24) is 45.7 Å². The second-order valence-electron chi connectivity index (χ2n) is 16.9. The van der Waals surface area contributed by atoms with Crippen LogP contribution in [-0.4, -0.2) is 120 Å². The number of fused-ring (bicyclic) bond motifs is 2. The van der Waals surface area contributed by atoms with E-state index in [9.17, 15) is 19.2 Å².